The Hall–Kier alpha value is -3.28. The van der Waals surface area contributed by atoms with E-state index in [-0.39, 0.29) is 35.2 Å². The number of benzene rings is 1. The minimum atomic E-state index is -2.79. The largest absolute Gasteiger partial charge is 0.487 e. The van der Waals surface area contributed by atoms with Gasteiger partial charge in [-0.3, -0.25) is 14.4 Å². The van der Waals surface area contributed by atoms with Crippen LogP contribution in [0.25, 0.3) is 0 Å². The first-order valence-corrected chi connectivity index (χ1v) is 15.4. The summed E-state index contributed by atoms with van der Waals surface area (Å²) in [4.78, 5) is 42.7. The molecule has 2 aliphatic heterocycles. The molecule has 10 nitrogen and oxygen atoms in total. The van der Waals surface area contributed by atoms with Crippen LogP contribution in [0.2, 0.25) is 5.02 Å². The van der Waals surface area contributed by atoms with Gasteiger partial charge in [-0.25, -0.2) is 13.5 Å². The fourth-order valence-corrected chi connectivity index (χ4v) is 7.56. The van der Waals surface area contributed by atoms with Crippen molar-refractivity contribution < 1.29 is 33.0 Å². The molecule has 1 aromatic carbocycles. The molecule has 43 heavy (non-hydrogen) atoms. The van der Waals surface area contributed by atoms with Crippen molar-refractivity contribution in [1.82, 2.24) is 24.8 Å². The van der Waals surface area contributed by atoms with Crippen molar-refractivity contribution >= 4 is 29.4 Å². The van der Waals surface area contributed by atoms with Gasteiger partial charge < -0.3 is 19.6 Å². The van der Waals surface area contributed by atoms with Gasteiger partial charge in [0.1, 0.15) is 23.7 Å². The lowest BCUT2D eigenvalue weighted by molar-refractivity contribution is -0.153. The maximum atomic E-state index is 14.2. The van der Waals surface area contributed by atoms with Crippen LogP contribution in [0.3, 0.4) is 0 Å². The summed E-state index contributed by atoms with van der Waals surface area (Å²) >= 11 is 6.68. The predicted octanol–water partition coefficient (Wildman–Crippen LogP) is 4.70. The molecule has 0 unspecified atom stereocenters. The third kappa shape index (κ3) is 5.70. The molecule has 13 heteroatoms. The lowest BCUT2D eigenvalue weighted by Crippen LogP contribution is -2.47. The molecular formula is C30H36ClF2N5O5. The number of halogens is 3. The fraction of sp³-hybridized carbons (Fsp3) is 0.633. The first-order valence-electron chi connectivity index (χ1n) is 15.0. The number of aryl methyl sites for hydroxylation is 1. The molecule has 3 heterocycles. The molecule has 2 aliphatic carbocycles. The van der Waals surface area contributed by atoms with Gasteiger partial charge in [-0.1, -0.05) is 29.7 Å². The minimum absolute atomic E-state index is 0.00499. The van der Waals surface area contributed by atoms with E-state index in [9.17, 15) is 28.3 Å². The van der Waals surface area contributed by atoms with E-state index < -0.39 is 30.3 Å². The number of aromatic nitrogens is 3. The lowest BCUT2D eigenvalue weighted by Gasteiger charge is -2.42. The van der Waals surface area contributed by atoms with Gasteiger partial charge in [-0.15, -0.1) is 5.10 Å². The molecule has 1 N–H and O–H groups in total. The number of amides is 2. The summed E-state index contributed by atoms with van der Waals surface area (Å²) in [5.41, 5.74) is 1.22. The summed E-state index contributed by atoms with van der Waals surface area (Å²) in [6, 6.07) is 2.82. The predicted molar refractivity (Wildman–Crippen MR) is 150 cm³/mol. The molecule has 1 spiro atoms. The zero-order valence-electron chi connectivity index (χ0n) is 24.1. The van der Waals surface area contributed by atoms with Crippen molar-refractivity contribution in [3.8, 4) is 5.75 Å². The Labute approximate surface area is 253 Å². The zero-order valence-corrected chi connectivity index (χ0v) is 24.9. The van der Waals surface area contributed by atoms with Gasteiger partial charge in [0, 0.05) is 43.7 Å². The third-order valence-corrected chi connectivity index (χ3v) is 10.2. The van der Waals surface area contributed by atoms with Crippen LogP contribution >= 0.6 is 11.6 Å². The van der Waals surface area contributed by atoms with Crippen molar-refractivity contribution in [3.63, 3.8) is 0 Å². The van der Waals surface area contributed by atoms with E-state index in [2.05, 4.69) is 10.3 Å². The number of alkyl halides is 2. The average Bonchev–Trinajstić information content (AvgIpc) is 3.51. The maximum Gasteiger partial charge on any atom is 0.307 e. The number of hydrogen-bond acceptors (Lipinski definition) is 6. The lowest BCUT2D eigenvalue weighted by atomic mass is 9.77. The summed E-state index contributed by atoms with van der Waals surface area (Å²) in [6.07, 6.45) is 3.19. The topological polar surface area (TPSA) is 118 Å². The Morgan fingerprint density at radius 2 is 1.95 bits per heavy atom. The van der Waals surface area contributed by atoms with E-state index in [1.54, 1.807) is 17.0 Å². The summed E-state index contributed by atoms with van der Waals surface area (Å²) in [5.74, 6) is -2.08. The Balaban J connectivity index is 1.33. The highest BCUT2D eigenvalue weighted by Gasteiger charge is 2.52. The summed E-state index contributed by atoms with van der Waals surface area (Å²) in [5, 5.41) is 18.0. The number of carbonyl (C=O) groups excluding carboxylic acids is 2. The molecule has 1 saturated heterocycles. The molecule has 2 saturated carbocycles. The molecule has 2 amide bonds. The molecule has 0 bridgehead atoms. The minimum Gasteiger partial charge on any atom is -0.487 e. The highest BCUT2D eigenvalue weighted by Crippen LogP contribution is 2.53. The SMILES string of the molecule is Cn1nnc(COc2ccc(Cl)c3c2[C@@H](CCN2CC4(CC4)CC2=O)N(C(=O)[C@@H]2CCCC[C@@H]2C(=O)O)CC3)c1C(F)F. The van der Waals surface area contributed by atoms with E-state index in [1.165, 1.54) is 7.05 Å². The summed E-state index contributed by atoms with van der Waals surface area (Å²) in [6.45, 7) is 1.21. The first-order chi connectivity index (χ1) is 20.6. The number of aliphatic carboxylic acids is 1. The number of nitrogens with zero attached hydrogens (tertiary/aromatic N) is 5. The van der Waals surface area contributed by atoms with Crippen molar-refractivity contribution in [3.05, 3.63) is 39.7 Å². The monoisotopic (exact) mass is 619 g/mol. The van der Waals surface area contributed by atoms with Gasteiger partial charge in [0.15, 0.2) is 0 Å². The van der Waals surface area contributed by atoms with Gasteiger partial charge in [-0.05, 0) is 61.6 Å². The van der Waals surface area contributed by atoms with E-state index in [0.29, 0.717) is 68.1 Å². The quantitative estimate of drug-likeness (QED) is 0.432. The average molecular weight is 620 g/mol. The molecule has 0 radical (unpaired) electrons. The number of ether oxygens (including phenoxy) is 1. The summed E-state index contributed by atoms with van der Waals surface area (Å²) in [7, 11) is 1.39. The van der Waals surface area contributed by atoms with Crippen molar-refractivity contribution in [2.24, 2.45) is 24.3 Å². The van der Waals surface area contributed by atoms with Crippen molar-refractivity contribution in [2.45, 2.75) is 76.9 Å². The van der Waals surface area contributed by atoms with Crippen molar-refractivity contribution in [1.29, 1.82) is 0 Å². The normalized spacial score (nSPS) is 24.5. The van der Waals surface area contributed by atoms with Gasteiger partial charge >= 0.3 is 5.97 Å². The highest BCUT2D eigenvalue weighted by atomic mass is 35.5. The number of rotatable bonds is 9. The van der Waals surface area contributed by atoms with Crippen LogP contribution in [-0.4, -0.2) is 67.3 Å². The Kier molecular flexibility index (Phi) is 8.08. The second-order valence-electron chi connectivity index (χ2n) is 12.5. The van der Waals surface area contributed by atoms with Gasteiger partial charge in [0.2, 0.25) is 11.8 Å². The number of carboxylic acids is 1. The number of fused-ring (bicyclic) bond motifs is 1. The third-order valence-electron chi connectivity index (χ3n) is 9.81. The van der Waals surface area contributed by atoms with E-state index >= 15 is 0 Å². The van der Waals surface area contributed by atoms with Gasteiger partial charge in [-0.2, -0.15) is 0 Å². The van der Waals surface area contributed by atoms with Crippen LogP contribution in [-0.2, 0) is 34.5 Å². The summed E-state index contributed by atoms with van der Waals surface area (Å²) < 4.78 is 34.5. The molecule has 2 aromatic rings. The number of hydrogen-bond donors (Lipinski definition) is 1. The van der Waals surface area contributed by atoms with Crippen LogP contribution in [0.1, 0.15) is 86.3 Å². The molecular weight excluding hydrogens is 584 g/mol. The van der Waals surface area contributed by atoms with Crippen LogP contribution in [0.4, 0.5) is 8.78 Å². The van der Waals surface area contributed by atoms with Crippen LogP contribution in [0.5, 0.6) is 5.75 Å². The Morgan fingerprint density at radius 1 is 1.21 bits per heavy atom. The second-order valence-corrected chi connectivity index (χ2v) is 12.9. The molecule has 6 rings (SSSR count). The Bertz CT molecular complexity index is 1430. The van der Waals surface area contributed by atoms with Crippen LogP contribution in [0, 0.1) is 17.3 Å². The number of likely N-dealkylation sites (tertiary alicyclic amines) is 1. The smallest absolute Gasteiger partial charge is 0.307 e. The van der Waals surface area contributed by atoms with E-state index in [4.69, 9.17) is 16.3 Å². The van der Waals surface area contributed by atoms with Crippen LogP contribution in [0.15, 0.2) is 12.1 Å². The van der Waals surface area contributed by atoms with Gasteiger partial charge in [0.05, 0.1) is 17.9 Å². The van der Waals surface area contributed by atoms with E-state index in [1.807, 2.05) is 4.90 Å². The molecule has 1 aromatic heterocycles. The fourth-order valence-electron chi connectivity index (χ4n) is 7.30. The number of carbonyl (C=O) groups is 3. The molecule has 3 fully saturated rings. The van der Waals surface area contributed by atoms with Crippen LogP contribution < -0.4 is 4.74 Å². The highest BCUT2D eigenvalue weighted by molar-refractivity contribution is 6.31. The molecule has 4 aliphatic rings. The van der Waals surface area contributed by atoms with Crippen molar-refractivity contribution in [2.75, 3.05) is 19.6 Å². The Morgan fingerprint density at radius 3 is 2.63 bits per heavy atom. The maximum absolute atomic E-state index is 14.2. The second kappa shape index (κ2) is 11.7. The molecule has 232 valence electrons. The number of carboxylic acid groups (broad SMARTS) is 1. The zero-order chi connectivity index (χ0) is 30.5. The standard InChI is InChI=1S/C30H36ClF2N5O5/c1-36-26(27(32)33)21(34-35-36)15-43-23-7-6-20(31)19-8-13-38(28(40)17-4-2-3-5-18(17)29(41)42)22(25(19)23)9-12-37-16-30(10-11-30)14-24(37)39/h6-7,17-18,22,27H,2-5,8-16H2,1H3,(H,41,42)/t17-,18+,22-/m1/s1. The molecule has 3 atom stereocenters. The van der Waals surface area contributed by atoms with Gasteiger partial charge in [0.25, 0.3) is 6.43 Å². The van der Waals surface area contributed by atoms with E-state index in [0.717, 1.165) is 35.9 Å². The first kappa shape index (κ1) is 29.8.